The molecule has 1 rings (SSSR count). The Morgan fingerprint density at radius 2 is 2.11 bits per heavy atom. The Kier molecular flexibility index (Phi) is 6.80. The minimum absolute atomic E-state index is 0.201. The molecule has 0 radical (unpaired) electrons. The van der Waals surface area contributed by atoms with Crippen molar-refractivity contribution in [2.45, 2.75) is 46.1 Å². The van der Waals surface area contributed by atoms with Gasteiger partial charge < -0.3 is 10.0 Å². The lowest BCUT2D eigenvalue weighted by Crippen LogP contribution is -2.46. The molecule has 1 aliphatic rings. The van der Waals surface area contributed by atoms with Gasteiger partial charge in [-0.05, 0) is 44.6 Å². The van der Waals surface area contributed by atoms with Gasteiger partial charge in [-0.15, -0.1) is 0 Å². The van der Waals surface area contributed by atoms with Gasteiger partial charge in [-0.3, -0.25) is 9.69 Å². The number of rotatable bonds is 6. The number of likely N-dealkylation sites (N-methyl/N-ethyl adjacent to an activating group) is 1. The van der Waals surface area contributed by atoms with Crippen LogP contribution in [0.25, 0.3) is 0 Å². The molecule has 0 bridgehead atoms. The zero-order valence-electron chi connectivity index (χ0n) is 12.9. The van der Waals surface area contributed by atoms with Crippen LogP contribution in [0.2, 0.25) is 0 Å². The topological polar surface area (TPSA) is 43.8 Å². The summed E-state index contributed by atoms with van der Waals surface area (Å²) in [6.07, 6.45) is 3.21. The number of likely N-dealkylation sites (tertiary alicyclic amines) is 1. The summed E-state index contributed by atoms with van der Waals surface area (Å²) in [6, 6.07) is 0.297. The molecule has 0 aromatic rings. The second-order valence-corrected chi connectivity index (χ2v) is 6.41. The molecule has 1 amide bonds. The van der Waals surface area contributed by atoms with Gasteiger partial charge in [-0.1, -0.05) is 13.8 Å². The molecule has 112 valence electrons. The average molecular weight is 270 g/mol. The predicted molar refractivity (Wildman–Crippen MR) is 77.9 cm³/mol. The normalized spacial score (nSPS) is 22.5. The molecule has 4 nitrogen and oxygen atoms in total. The fourth-order valence-electron chi connectivity index (χ4n) is 2.83. The maximum Gasteiger partial charge on any atom is 0.236 e. The molecule has 1 aliphatic heterocycles. The van der Waals surface area contributed by atoms with Gasteiger partial charge in [-0.25, -0.2) is 0 Å². The van der Waals surface area contributed by atoms with Crippen molar-refractivity contribution in [1.82, 2.24) is 9.80 Å². The number of nitrogens with zero attached hydrogens (tertiary/aromatic N) is 2. The van der Waals surface area contributed by atoms with Crippen molar-refractivity contribution in [1.29, 1.82) is 0 Å². The Labute approximate surface area is 117 Å². The smallest absolute Gasteiger partial charge is 0.236 e. The van der Waals surface area contributed by atoms with E-state index in [9.17, 15) is 9.90 Å². The van der Waals surface area contributed by atoms with Gasteiger partial charge in [0.1, 0.15) is 0 Å². The molecule has 1 saturated heterocycles. The first-order chi connectivity index (χ1) is 8.93. The van der Waals surface area contributed by atoms with Gasteiger partial charge in [0, 0.05) is 26.2 Å². The Morgan fingerprint density at radius 1 is 1.42 bits per heavy atom. The van der Waals surface area contributed by atoms with Crippen LogP contribution in [0.15, 0.2) is 0 Å². The quantitative estimate of drug-likeness (QED) is 0.797. The first-order valence-electron chi connectivity index (χ1n) is 7.52. The molecular formula is C15H30N2O2. The van der Waals surface area contributed by atoms with E-state index in [1.165, 1.54) is 0 Å². The van der Waals surface area contributed by atoms with Crippen molar-refractivity contribution >= 4 is 5.91 Å². The molecule has 0 spiro atoms. The highest BCUT2D eigenvalue weighted by Crippen LogP contribution is 2.16. The number of aliphatic hydroxyl groups excluding tert-OH is 1. The van der Waals surface area contributed by atoms with Crippen molar-refractivity contribution in [3.63, 3.8) is 0 Å². The lowest BCUT2D eigenvalue weighted by molar-refractivity contribution is -0.133. The zero-order chi connectivity index (χ0) is 14.4. The van der Waals surface area contributed by atoms with E-state index in [1.54, 1.807) is 0 Å². The third-order valence-corrected chi connectivity index (χ3v) is 4.09. The van der Waals surface area contributed by atoms with Gasteiger partial charge in [0.25, 0.3) is 0 Å². The summed E-state index contributed by atoms with van der Waals surface area (Å²) in [5.41, 5.74) is 0. The number of carbonyl (C=O) groups is 1. The third-order valence-electron chi connectivity index (χ3n) is 4.09. The first kappa shape index (κ1) is 16.4. The first-order valence-corrected chi connectivity index (χ1v) is 7.52. The predicted octanol–water partition coefficient (Wildman–Crippen LogP) is 1.58. The molecule has 4 heteroatoms. The van der Waals surface area contributed by atoms with Crippen LogP contribution in [0.5, 0.6) is 0 Å². The maximum atomic E-state index is 12.3. The number of hydrogen-bond acceptors (Lipinski definition) is 3. The second kappa shape index (κ2) is 7.85. The highest BCUT2D eigenvalue weighted by atomic mass is 16.3. The van der Waals surface area contributed by atoms with Crippen LogP contribution >= 0.6 is 0 Å². The molecule has 0 saturated carbocycles. The van der Waals surface area contributed by atoms with E-state index in [4.69, 9.17) is 0 Å². The van der Waals surface area contributed by atoms with Gasteiger partial charge in [-0.2, -0.15) is 0 Å². The van der Waals surface area contributed by atoms with E-state index in [-0.39, 0.29) is 12.5 Å². The molecule has 0 aromatic heterocycles. The van der Waals surface area contributed by atoms with Crippen LogP contribution < -0.4 is 0 Å². The second-order valence-electron chi connectivity index (χ2n) is 6.41. The fourth-order valence-corrected chi connectivity index (χ4v) is 2.83. The number of aliphatic hydroxyl groups is 1. The van der Waals surface area contributed by atoms with E-state index in [0.29, 0.717) is 24.4 Å². The standard InChI is InChI=1S/C15H30N2O2/c1-12(2)8-13(3)16(4)15(19)10-17-7-5-6-14(9-17)11-18/h12-14,18H,5-11H2,1-4H3. The largest absolute Gasteiger partial charge is 0.396 e. The molecule has 0 aromatic carbocycles. The monoisotopic (exact) mass is 270 g/mol. The van der Waals surface area contributed by atoms with Crippen LogP contribution in [0.1, 0.15) is 40.0 Å². The number of piperidine rings is 1. The molecule has 0 aliphatic carbocycles. The van der Waals surface area contributed by atoms with Crippen molar-refractivity contribution in [3.8, 4) is 0 Å². The maximum absolute atomic E-state index is 12.3. The van der Waals surface area contributed by atoms with E-state index in [2.05, 4.69) is 25.7 Å². The summed E-state index contributed by atoms with van der Waals surface area (Å²) in [6.45, 7) is 9.06. The van der Waals surface area contributed by atoms with E-state index in [1.807, 2.05) is 11.9 Å². The molecule has 1 heterocycles. The highest BCUT2D eigenvalue weighted by molar-refractivity contribution is 5.78. The summed E-state index contributed by atoms with van der Waals surface area (Å²) < 4.78 is 0. The molecule has 19 heavy (non-hydrogen) atoms. The van der Waals surface area contributed by atoms with Crippen LogP contribution in [-0.2, 0) is 4.79 Å². The van der Waals surface area contributed by atoms with Gasteiger partial charge in [0.05, 0.1) is 6.54 Å². The van der Waals surface area contributed by atoms with Crippen LogP contribution in [0, 0.1) is 11.8 Å². The highest BCUT2D eigenvalue weighted by Gasteiger charge is 2.23. The summed E-state index contributed by atoms with van der Waals surface area (Å²) >= 11 is 0. The Balaban J connectivity index is 2.40. The minimum Gasteiger partial charge on any atom is -0.396 e. The van der Waals surface area contributed by atoms with Crippen molar-refractivity contribution in [3.05, 3.63) is 0 Å². The summed E-state index contributed by atoms with van der Waals surface area (Å²) in [5.74, 6) is 1.16. The fraction of sp³-hybridized carbons (Fsp3) is 0.933. The summed E-state index contributed by atoms with van der Waals surface area (Å²) in [5, 5.41) is 9.22. The van der Waals surface area contributed by atoms with Gasteiger partial charge in [0.15, 0.2) is 0 Å². The molecular weight excluding hydrogens is 240 g/mol. The van der Waals surface area contributed by atoms with Crippen LogP contribution in [0.4, 0.5) is 0 Å². The van der Waals surface area contributed by atoms with Gasteiger partial charge in [0.2, 0.25) is 5.91 Å². The van der Waals surface area contributed by atoms with Crippen molar-refractivity contribution in [2.24, 2.45) is 11.8 Å². The number of hydrogen-bond donors (Lipinski definition) is 1. The molecule has 1 fully saturated rings. The van der Waals surface area contributed by atoms with Crippen molar-refractivity contribution < 1.29 is 9.90 Å². The van der Waals surface area contributed by atoms with E-state index in [0.717, 1.165) is 32.4 Å². The van der Waals surface area contributed by atoms with Crippen LogP contribution in [-0.4, -0.2) is 60.1 Å². The summed E-state index contributed by atoms with van der Waals surface area (Å²) in [4.78, 5) is 16.3. The van der Waals surface area contributed by atoms with E-state index < -0.39 is 0 Å². The average Bonchev–Trinajstić information content (AvgIpc) is 2.37. The lowest BCUT2D eigenvalue weighted by Gasteiger charge is -2.34. The Morgan fingerprint density at radius 3 is 2.68 bits per heavy atom. The number of amides is 1. The minimum atomic E-state index is 0.201. The van der Waals surface area contributed by atoms with Crippen LogP contribution in [0.3, 0.4) is 0 Å². The summed E-state index contributed by atoms with van der Waals surface area (Å²) in [7, 11) is 1.91. The third kappa shape index (κ3) is 5.49. The molecule has 2 atom stereocenters. The SMILES string of the molecule is CC(C)CC(C)N(C)C(=O)CN1CCCC(CO)C1. The lowest BCUT2D eigenvalue weighted by atomic mass is 9.99. The van der Waals surface area contributed by atoms with Crippen molar-refractivity contribution in [2.75, 3.05) is 33.3 Å². The Hall–Kier alpha value is -0.610. The Bertz CT molecular complexity index is 281. The van der Waals surface area contributed by atoms with Gasteiger partial charge >= 0.3 is 0 Å². The molecule has 1 N–H and O–H groups in total. The molecule has 2 unspecified atom stereocenters. The zero-order valence-corrected chi connectivity index (χ0v) is 12.9. The van der Waals surface area contributed by atoms with E-state index >= 15 is 0 Å². The number of carbonyl (C=O) groups excluding carboxylic acids is 1.